The van der Waals surface area contributed by atoms with Crippen molar-refractivity contribution in [2.45, 2.75) is 57.7 Å². The Hall–Kier alpha value is -2.94. The Balaban J connectivity index is 1.94. The second kappa shape index (κ2) is 8.62. The fourth-order valence-electron chi connectivity index (χ4n) is 4.61. The number of hydrogen-bond donors (Lipinski definition) is 1. The molecule has 1 N–H and O–H groups in total. The van der Waals surface area contributed by atoms with Crippen LogP contribution in [0.15, 0.2) is 35.2 Å². The molecule has 1 aliphatic heterocycles. The number of carbonyl (C=O) groups is 2. The van der Waals surface area contributed by atoms with Crippen LogP contribution in [0.5, 0.6) is 11.5 Å². The maximum Gasteiger partial charge on any atom is 0.573 e. The third-order valence-corrected chi connectivity index (χ3v) is 7.44. The quantitative estimate of drug-likeness (QED) is 0.457. The molecule has 186 valence electrons. The first-order valence-corrected chi connectivity index (χ1v) is 11.9. The Kier molecular flexibility index (Phi) is 6.20. The normalized spacial score (nSPS) is 19.9. The lowest BCUT2D eigenvalue weighted by Crippen LogP contribution is -2.33. The second-order valence-corrected chi connectivity index (χ2v) is 11.0. The summed E-state index contributed by atoms with van der Waals surface area (Å²) in [5.41, 5.74) is 2.91. The third-order valence-electron chi connectivity index (χ3n) is 6.63. The molecular formula is C26H26F3NO4S. The molecule has 0 bridgehead atoms. The van der Waals surface area contributed by atoms with Gasteiger partial charge in [-0.3, -0.25) is 14.9 Å². The molecule has 1 heterocycles. The summed E-state index contributed by atoms with van der Waals surface area (Å²) in [6.07, 6.45) is -1.54. The molecule has 1 fully saturated rings. The van der Waals surface area contributed by atoms with Crippen LogP contribution in [0.4, 0.5) is 18.0 Å². The number of benzene rings is 2. The number of nitrogens with one attached hydrogen (secondary N) is 1. The molecule has 9 heteroatoms. The number of fused-ring (bicyclic) bond motifs is 1. The Bertz CT molecular complexity index is 1250. The van der Waals surface area contributed by atoms with E-state index in [9.17, 15) is 22.8 Å². The van der Waals surface area contributed by atoms with Crippen molar-refractivity contribution in [2.75, 3.05) is 7.11 Å². The van der Waals surface area contributed by atoms with Gasteiger partial charge in [0.25, 0.3) is 11.1 Å². The number of imide groups is 1. The largest absolute Gasteiger partial charge is 0.573 e. The molecular weight excluding hydrogens is 479 g/mol. The number of halogens is 3. The van der Waals surface area contributed by atoms with Crippen LogP contribution in [0.3, 0.4) is 0 Å². The van der Waals surface area contributed by atoms with E-state index in [4.69, 9.17) is 4.74 Å². The summed E-state index contributed by atoms with van der Waals surface area (Å²) in [6, 6.07) is 7.93. The van der Waals surface area contributed by atoms with E-state index in [0.717, 1.165) is 35.7 Å². The fraction of sp³-hybridized carbons (Fsp3) is 0.385. The van der Waals surface area contributed by atoms with E-state index in [-0.39, 0.29) is 27.0 Å². The molecule has 0 atom stereocenters. The van der Waals surface area contributed by atoms with Gasteiger partial charge in [-0.05, 0) is 82.5 Å². The lowest BCUT2D eigenvalue weighted by atomic mass is 9.62. The predicted molar refractivity (Wildman–Crippen MR) is 130 cm³/mol. The van der Waals surface area contributed by atoms with Crippen LogP contribution in [-0.4, -0.2) is 24.6 Å². The Morgan fingerprint density at radius 3 is 2.09 bits per heavy atom. The van der Waals surface area contributed by atoms with Crippen LogP contribution in [0.1, 0.15) is 57.2 Å². The zero-order valence-corrected chi connectivity index (χ0v) is 20.9. The molecule has 0 unspecified atom stereocenters. The van der Waals surface area contributed by atoms with Crippen molar-refractivity contribution in [3.05, 3.63) is 51.9 Å². The standard InChI is InChI=1S/C26H26F3NO4S/c1-24(2)8-9-25(3,4)18-13-20(33-5)16(12-17(18)24)15-10-14(6-7-19(15)34-26(27,28)29)11-21-22(31)30-23(32)35-21/h6-7,10-13H,8-9H2,1-5H3,(H,30,31,32)/b21-11+. The van der Waals surface area contributed by atoms with Gasteiger partial charge in [0, 0.05) is 11.1 Å². The van der Waals surface area contributed by atoms with Gasteiger partial charge in [0.1, 0.15) is 11.5 Å². The number of alkyl halides is 3. The van der Waals surface area contributed by atoms with Crippen molar-refractivity contribution in [3.63, 3.8) is 0 Å². The molecule has 5 nitrogen and oxygen atoms in total. The zero-order chi connectivity index (χ0) is 25.8. The molecule has 0 saturated carbocycles. The fourth-order valence-corrected chi connectivity index (χ4v) is 5.29. The minimum atomic E-state index is -4.90. The van der Waals surface area contributed by atoms with Gasteiger partial charge >= 0.3 is 6.36 Å². The molecule has 2 amide bonds. The zero-order valence-electron chi connectivity index (χ0n) is 20.1. The van der Waals surface area contributed by atoms with E-state index in [1.165, 1.54) is 31.4 Å². The van der Waals surface area contributed by atoms with E-state index in [1.807, 2.05) is 12.1 Å². The molecule has 2 aromatic carbocycles. The number of methoxy groups -OCH3 is 1. The van der Waals surface area contributed by atoms with Crippen LogP contribution >= 0.6 is 11.8 Å². The number of thioether (sulfide) groups is 1. The molecule has 35 heavy (non-hydrogen) atoms. The second-order valence-electron chi connectivity index (χ2n) is 10.0. The Morgan fingerprint density at radius 1 is 0.943 bits per heavy atom. The average Bonchev–Trinajstić information content (AvgIpc) is 3.07. The topological polar surface area (TPSA) is 64.6 Å². The summed E-state index contributed by atoms with van der Waals surface area (Å²) in [5, 5.41) is 1.67. The van der Waals surface area contributed by atoms with Gasteiger partial charge in [0.05, 0.1) is 12.0 Å². The number of ether oxygens (including phenoxy) is 2. The smallest absolute Gasteiger partial charge is 0.496 e. The van der Waals surface area contributed by atoms with Crippen LogP contribution in [0.25, 0.3) is 17.2 Å². The van der Waals surface area contributed by atoms with Crippen LogP contribution in [0, 0.1) is 0 Å². The summed E-state index contributed by atoms with van der Waals surface area (Å²) in [5.74, 6) is -0.507. The van der Waals surface area contributed by atoms with Crippen molar-refractivity contribution in [1.82, 2.24) is 5.32 Å². The van der Waals surface area contributed by atoms with Gasteiger partial charge in [-0.2, -0.15) is 0 Å². The SMILES string of the molecule is COc1cc2c(cc1-c1cc(/C=C3/SC(=O)NC3=O)ccc1OC(F)(F)F)C(C)(C)CCC2(C)C. The van der Waals surface area contributed by atoms with Crippen molar-refractivity contribution >= 4 is 29.0 Å². The summed E-state index contributed by atoms with van der Waals surface area (Å²) in [6.45, 7) is 8.55. The van der Waals surface area contributed by atoms with Crippen molar-refractivity contribution < 1.29 is 32.2 Å². The third kappa shape index (κ3) is 5.05. The monoisotopic (exact) mass is 505 g/mol. The highest BCUT2D eigenvalue weighted by molar-refractivity contribution is 8.18. The maximum atomic E-state index is 13.3. The first-order valence-electron chi connectivity index (χ1n) is 11.1. The lowest BCUT2D eigenvalue weighted by molar-refractivity contribution is -0.274. The summed E-state index contributed by atoms with van der Waals surface area (Å²) in [4.78, 5) is 23.7. The number of hydrogen-bond acceptors (Lipinski definition) is 5. The van der Waals surface area contributed by atoms with Crippen molar-refractivity contribution in [3.8, 4) is 22.6 Å². The molecule has 2 aromatic rings. The first-order chi connectivity index (χ1) is 16.2. The Morgan fingerprint density at radius 2 is 1.54 bits per heavy atom. The van der Waals surface area contributed by atoms with Crippen LogP contribution in [0.2, 0.25) is 0 Å². The van der Waals surface area contributed by atoms with Gasteiger partial charge in [-0.25, -0.2) is 0 Å². The van der Waals surface area contributed by atoms with E-state index in [1.54, 1.807) is 0 Å². The number of carbonyl (C=O) groups excluding carboxylic acids is 2. The van der Waals surface area contributed by atoms with Gasteiger partial charge in [-0.1, -0.05) is 33.8 Å². The minimum Gasteiger partial charge on any atom is -0.496 e. The van der Waals surface area contributed by atoms with Gasteiger partial charge in [-0.15, -0.1) is 13.2 Å². The van der Waals surface area contributed by atoms with Crippen LogP contribution < -0.4 is 14.8 Å². The van der Waals surface area contributed by atoms with E-state index in [0.29, 0.717) is 16.9 Å². The molecule has 0 spiro atoms. The summed E-state index contributed by atoms with van der Waals surface area (Å²) < 4.78 is 49.9. The van der Waals surface area contributed by atoms with Crippen molar-refractivity contribution in [2.24, 2.45) is 0 Å². The number of amides is 2. The summed E-state index contributed by atoms with van der Waals surface area (Å²) >= 11 is 0.736. The number of rotatable bonds is 4. The lowest BCUT2D eigenvalue weighted by Gasteiger charge is -2.42. The minimum absolute atomic E-state index is 0.117. The Labute approximate surface area is 206 Å². The average molecular weight is 506 g/mol. The van der Waals surface area contributed by atoms with Gasteiger partial charge in [0.15, 0.2) is 0 Å². The highest BCUT2D eigenvalue weighted by Crippen LogP contribution is 2.50. The summed E-state index contributed by atoms with van der Waals surface area (Å²) in [7, 11) is 1.48. The van der Waals surface area contributed by atoms with Crippen molar-refractivity contribution in [1.29, 1.82) is 0 Å². The molecule has 0 aromatic heterocycles. The molecule has 1 aliphatic carbocycles. The van der Waals surface area contributed by atoms with Crippen LogP contribution in [-0.2, 0) is 15.6 Å². The maximum absolute atomic E-state index is 13.3. The molecule has 1 saturated heterocycles. The van der Waals surface area contributed by atoms with E-state index >= 15 is 0 Å². The first kappa shape index (κ1) is 25.2. The van der Waals surface area contributed by atoms with E-state index < -0.39 is 17.5 Å². The highest BCUT2D eigenvalue weighted by Gasteiger charge is 2.39. The van der Waals surface area contributed by atoms with Gasteiger partial charge in [0.2, 0.25) is 0 Å². The predicted octanol–water partition coefficient (Wildman–Crippen LogP) is 6.93. The molecule has 2 aliphatic rings. The highest BCUT2D eigenvalue weighted by atomic mass is 32.2. The molecule has 4 rings (SSSR count). The van der Waals surface area contributed by atoms with Gasteiger partial charge < -0.3 is 9.47 Å². The molecule has 0 radical (unpaired) electrons. The van der Waals surface area contributed by atoms with E-state index in [2.05, 4.69) is 37.7 Å².